The summed E-state index contributed by atoms with van der Waals surface area (Å²) < 4.78 is 12.2. The molecule has 0 aliphatic rings. The van der Waals surface area contributed by atoms with Crippen molar-refractivity contribution in [2.75, 3.05) is 13.2 Å². The van der Waals surface area contributed by atoms with E-state index in [0.29, 0.717) is 10.9 Å². The molecule has 0 fully saturated rings. The number of halogens is 1. The van der Waals surface area contributed by atoms with E-state index in [4.69, 9.17) is 21.1 Å². The Labute approximate surface area is 150 Å². The van der Waals surface area contributed by atoms with E-state index in [9.17, 15) is 4.79 Å². The van der Waals surface area contributed by atoms with Crippen molar-refractivity contribution in [3.63, 3.8) is 0 Å². The summed E-state index contributed by atoms with van der Waals surface area (Å²) in [5.41, 5.74) is 2.55. The molecule has 0 radical (unpaired) electrons. The van der Waals surface area contributed by atoms with Gasteiger partial charge >= 0.3 is 5.97 Å². The summed E-state index contributed by atoms with van der Waals surface area (Å²) in [4.78, 5) is 10.8. The van der Waals surface area contributed by atoms with Gasteiger partial charge in [0, 0.05) is 12.5 Å². The van der Waals surface area contributed by atoms with Crippen molar-refractivity contribution in [1.29, 1.82) is 0 Å². The number of rotatable bonds is 6. The molecule has 0 atom stereocenters. The lowest BCUT2D eigenvalue weighted by Gasteiger charge is -2.07. The molecule has 0 aliphatic carbocycles. The van der Waals surface area contributed by atoms with Crippen molar-refractivity contribution in [1.82, 2.24) is 9.78 Å². The van der Waals surface area contributed by atoms with E-state index in [-0.39, 0.29) is 19.2 Å². The van der Waals surface area contributed by atoms with Gasteiger partial charge in [-0.2, -0.15) is 0 Å². The summed E-state index contributed by atoms with van der Waals surface area (Å²) in [6.45, 7) is 1.68. The molecule has 0 aliphatic heterocycles. The summed E-state index contributed by atoms with van der Waals surface area (Å²) in [5, 5.41) is 4.91. The highest BCUT2D eigenvalue weighted by molar-refractivity contribution is 6.34. The quantitative estimate of drug-likeness (QED) is 0.492. The number of carbonyl (C=O) groups is 1. The first-order valence-electron chi connectivity index (χ1n) is 7.82. The largest absolute Gasteiger partial charge is 0.472 e. The first kappa shape index (κ1) is 17.0. The maximum atomic E-state index is 10.8. The number of aromatic nitrogens is 2. The molecular formula is C19H17ClN2O3. The molecule has 5 nitrogen and oxygen atoms in total. The Morgan fingerprint density at radius 1 is 1.04 bits per heavy atom. The lowest BCUT2D eigenvalue weighted by Crippen LogP contribution is -2.10. The number of benzene rings is 2. The zero-order chi connectivity index (χ0) is 17.6. The van der Waals surface area contributed by atoms with Crippen molar-refractivity contribution in [3.8, 4) is 22.8 Å². The average Bonchev–Trinajstić information content (AvgIpc) is 2.96. The Hall–Kier alpha value is -2.79. The van der Waals surface area contributed by atoms with Crippen LogP contribution >= 0.6 is 11.6 Å². The fourth-order valence-corrected chi connectivity index (χ4v) is 2.68. The van der Waals surface area contributed by atoms with Crippen molar-refractivity contribution < 1.29 is 14.3 Å². The zero-order valence-corrected chi connectivity index (χ0v) is 14.4. The minimum absolute atomic E-state index is 0.143. The molecule has 0 saturated carbocycles. The number of hydrogen-bond acceptors (Lipinski definition) is 4. The zero-order valence-electron chi connectivity index (χ0n) is 13.7. The summed E-state index contributed by atoms with van der Waals surface area (Å²) in [5.74, 6) is -0.0500. The number of esters is 1. The average molecular weight is 357 g/mol. The molecule has 0 amide bonds. The number of ether oxygens (including phenoxy) is 2. The second kappa shape index (κ2) is 7.85. The van der Waals surface area contributed by atoms with Gasteiger partial charge in [-0.1, -0.05) is 60.1 Å². The van der Waals surface area contributed by atoms with Gasteiger partial charge in [0.15, 0.2) is 0 Å². The minimum Gasteiger partial charge on any atom is -0.472 e. The summed E-state index contributed by atoms with van der Waals surface area (Å²) >= 11 is 6.54. The number of hydrogen-bond donors (Lipinski definition) is 0. The number of para-hydroxylation sites is 1. The fourth-order valence-electron chi connectivity index (χ4n) is 2.40. The van der Waals surface area contributed by atoms with Crippen molar-refractivity contribution >= 4 is 17.6 Å². The molecule has 6 heteroatoms. The Balaban J connectivity index is 1.96. The van der Waals surface area contributed by atoms with E-state index >= 15 is 0 Å². The van der Waals surface area contributed by atoms with Gasteiger partial charge in [0.05, 0.1) is 11.4 Å². The van der Waals surface area contributed by atoms with Crippen LogP contribution in [0.2, 0.25) is 5.02 Å². The fraction of sp³-hybridized carbons (Fsp3) is 0.158. The standard InChI is InChI=1S/C19H17ClN2O3/c1-14(23)24-12-13-25-19-17(20)18(15-8-4-2-5-9-15)22(21-19)16-10-6-3-7-11-16/h2-11H,12-13H2,1H3. The number of carbonyl (C=O) groups excluding carboxylic acids is 1. The predicted molar refractivity (Wildman–Crippen MR) is 96.1 cm³/mol. The topological polar surface area (TPSA) is 53.4 Å². The monoisotopic (exact) mass is 356 g/mol. The minimum atomic E-state index is -0.352. The molecule has 0 bridgehead atoms. The summed E-state index contributed by atoms with van der Waals surface area (Å²) in [6, 6.07) is 19.4. The van der Waals surface area contributed by atoms with Crippen LogP contribution in [0.25, 0.3) is 16.9 Å². The van der Waals surface area contributed by atoms with Gasteiger partial charge in [-0.25, -0.2) is 4.68 Å². The van der Waals surface area contributed by atoms with Crippen molar-refractivity contribution in [2.45, 2.75) is 6.92 Å². The van der Waals surface area contributed by atoms with Crippen LogP contribution in [0.3, 0.4) is 0 Å². The van der Waals surface area contributed by atoms with Crippen LogP contribution in [0.5, 0.6) is 5.88 Å². The van der Waals surface area contributed by atoms with Crippen LogP contribution in [-0.4, -0.2) is 29.0 Å². The van der Waals surface area contributed by atoms with Crippen LogP contribution < -0.4 is 4.74 Å². The summed E-state index contributed by atoms with van der Waals surface area (Å²) in [6.07, 6.45) is 0. The maximum absolute atomic E-state index is 10.8. The lowest BCUT2D eigenvalue weighted by atomic mass is 10.1. The van der Waals surface area contributed by atoms with Gasteiger partial charge < -0.3 is 9.47 Å². The van der Waals surface area contributed by atoms with Crippen LogP contribution in [0, 0.1) is 0 Å². The second-order valence-electron chi connectivity index (χ2n) is 5.27. The van der Waals surface area contributed by atoms with Gasteiger partial charge in [-0.05, 0) is 12.1 Å². The van der Waals surface area contributed by atoms with Crippen LogP contribution in [0.1, 0.15) is 6.92 Å². The van der Waals surface area contributed by atoms with E-state index in [0.717, 1.165) is 16.9 Å². The second-order valence-corrected chi connectivity index (χ2v) is 5.65. The molecular weight excluding hydrogens is 340 g/mol. The van der Waals surface area contributed by atoms with Crippen LogP contribution in [0.4, 0.5) is 0 Å². The normalized spacial score (nSPS) is 10.5. The van der Waals surface area contributed by atoms with Gasteiger partial charge in [0.25, 0.3) is 5.88 Å². The molecule has 1 heterocycles. The third kappa shape index (κ3) is 4.00. The molecule has 1 aromatic heterocycles. The third-order valence-electron chi connectivity index (χ3n) is 3.47. The third-order valence-corrected chi connectivity index (χ3v) is 3.81. The maximum Gasteiger partial charge on any atom is 0.302 e. The van der Waals surface area contributed by atoms with Crippen molar-refractivity contribution in [3.05, 3.63) is 65.7 Å². The SMILES string of the molecule is CC(=O)OCCOc1nn(-c2ccccc2)c(-c2ccccc2)c1Cl. The molecule has 3 aromatic rings. The smallest absolute Gasteiger partial charge is 0.302 e. The highest BCUT2D eigenvalue weighted by atomic mass is 35.5. The molecule has 0 saturated heterocycles. The molecule has 25 heavy (non-hydrogen) atoms. The Morgan fingerprint density at radius 2 is 1.68 bits per heavy atom. The van der Waals surface area contributed by atoms with Gasteiger partial charge in [0.1, 0.15) is 18.2 Å². The Bertz CT molecular complexity index is 848. The van der Waals surface area contributed by atoms with Gasteiger partial charge in [-0.3, -0.25) is 4.79 Å². The van der Waals surface area contributed by atoms with E-state index in [2.05, 4.69) is 5.10 Å². The van der Waals surface area contributed by atoms with E-state index < -0.39 is 0 Å². The van der Waals surface area contributed by atoms with E-state index in [1.165, 1.54) is 6.92 Å². The van der Waals surface area contributed by atoms with E-state index in [1.54, 1.807) is 4.68 Å². The lowest BCUT2D eigenvalue weighted by molar-refractivity contribution is -0.141. The van der Waals surface area contributed by atoms with Crippen LogP contribution in [-0.2, 0) is 9.53 Å². The predicted octanol–water partition coefficient (Wildman–Crippen LogP) is 4.13. The van der Waals surface area contributed by atoms with Gasteiger partial charge in [0.2, 0.25) is 0 Å². The molecule has 0 spiro atoms. The highest BCUT2D eigenvalue weighted by Gasteiger charge is 2.20. The van der Waals surface area contributed by atoms with Gasteiger partial charge in [-0.15, -0.1) is 5.10 Å². The highest BCUT2D eigenvalue weighted by Crippen LogP contribution is 2.36. The summed E-state index contributed by atoms with van der Waals surface area (Å²) in [7, 11) is 0. The Kier molecular flexibility index (Phi) is 5.36. The first-order valence-corrected chi connectivity index (χ1v) is 8.20. The first-order chi connectivity index (χ1) is 12.2. The Morgan fingerprint density at radius 3 is 2.32 bits per heavy atom. The van der Waals surface area contributed by atoms with E-state index in [1.807, 2.05) is 60.7 Å². The molecule has 128 valence electrons. The molecule has 0 unspecified atom stereocenters. The molecule has 3 rings (SSSR count). The van der Waals surface area contributed by atoms with Crippen molar-refractivity contribution in [2.24, 2.45) is 0 Å². The number of nitrogens with zero attached hydrogens (tertiary/aromatic N) is 2. The van der Waals surface area contributed by atoms with Crippen LogP contribution in [0.15, 0.2) is 60.7 Å². The molecule has 2 aromatic carbocycles. The molecule has 0 N–H and O–H groups in total.